The van der Waals surface area contributed by atoms with Crippen LogP contribution in [0.25, 0.3) is 10.9 Å². The van der Waals surface area contributed by atoms with Crippen LogP contribution in [0, 0.1) is 0 Å². The van der Waals surface area contributed by atoms with Crippen LogP contribution in [-0.4, -0.2) is 42.5 Å². The van der Waals surface area contributed by atoms with E-state index in [0.29, 0.717) is 13.1 Å². The summed E-state index contributed by atoms with van der Waals surface area (Å²) in [5.74, 6) is 0.0345. The molecule has 1 aliphatic heterocycles. The summed E-state index contributed by atoms with van der Waals surface area (Å²) in [4.78, 5) is 18.1. The zero-order valence-corrected chi connectivity index (χ0v) is 14.1. The van der Waals surface area contributed by atoms with Gasteiger partial charge in [0.25, 0.3) is 0 Å². The number of tetrazole rings is 1. The van der Waals surface area contributed by atoms with Gasteiger partial charge in [-0.2, -0.15) is 0 Å². The van der Waals surface area contributed by atoms with E-state index < -0.39 is 6.04 Å². The normalized spacial score (nSPS) is 15.7. The molecule has 1 N–H and O–H groups in total. The zero-order chi connectivity index (χ0) is 16.0. The minimum atomic E-state index is -0.400. The number of aromatic amines is 1. The standard InChI is InChI=1S/C15H15BrN6O/c1-9(22-8-17-19-20-22)15(23)21-6-5-13-11(7-21)10-3-2-4-12(16)14(10)18-13/h2-4,8-9,18H,5-7H2,1H3. The summed E-state index contributed by atoms with van der Waals surface area (Å²) >= 11 is 3.58. The molecule has 2 aromatic heterocycles. The average Bonchev–Trinajstić information content (AvgIpc) is 3.21. The Labute approximate surface area is 140 Å². The minimum absolute atomic E-state index is 0.0345. The van der Waals surface area contributed by atoms with E-state index in [1.807, 2.05) is 24.0 Å². The van der Waals surface area contributed by atoms with Crippen molar-refractivity contribution in [2.45, 2.75) is 25.9 Å². The van der Waals surface area contributed by atoms with Gasteiger partial charge in [0.05, 0.1) is 5.52 Å². The van der Waals surface area contributed by atoms with E-state index in [1.165, 1.54) is 27.7 Å². The van der Waals surface area contributed by atoms with Crippen LogP contribution in [0.4, 0.5) is 0 Å². The Balaban J connectivity index is 1.65. The molecule has 1 atom stereocenters. The van der Waals surface area contributed by atoms with Gasteiger partial charge in [-0.3, -0.25) is 4.79 Å². The first kappa shape index (κ1) is 14.4. The maximum absolute atomic E-state index is 12.7. The summed E-state index contributed by atoms with van der Waals surface area (Å²) in [5, 5.41) is 12.2. The molecular formula is C15H15BrN6O. The number of hydrogen-bond donors (Lipinski definition) is 1. The summed E-state index contributed by atoms with van der Waals surface area (Å²) in [7, 11) is 0. The SMILES string of the molecule is CC(C(=O)N1CCc2[nH]c3c(Br)cccc3c2C1)n1cnnn1. The van der Waals surface area contributed by atoms with Crippen molar-refractivity contribution in [1.29, 1.82) is 0 Å². The van der Waals surface area contributed by atoms with E-state index in [0.717, 1.165) is 16.4 Å². The van der Waals surface area contributed by atoms with Gasteiger partial charge < -0.3 is 9.88 Å². The van der Waals surface area contributed by atoms with Gasteiger partial charge in [-0.25, -0.2) is 4.68 Å². The maximum Gasteiger partial charge on any atom is 0.247 e. The Hall–Kier alpha value is -2.22. The van der Waals surface area contributed by atoms with Crippen molar-refractivity contribution in [3.8, 4) is 0 Å². The van der Waals surface area contributed by atoms with Gasteiger partial charge in [0.2, 0.25) is 5.91 Å². The molecule has 0 spiro atoms. The number of halogens is 1. The van der Waals surface area contributed by atoms with Gasteiger partial charge in [0, 0.05) is 40.6 Å². The average molecular weight is 375 g/mol. The molecule has 1 unspecified atom stereocenters. The predicted octanol–water partition coefficient (Wildman–Crippen LogP) is 2.06. The van der Waals surface area contributed by atoms with Crippen molar-refractivity contribution in [2.75, 3.05) is 6.54 Å². The Kier molecular flexibility index (Phi) is 3.41. The second-order valence-electron chi connectivity index (χ2n) is 5.72. The first-order chi connectivity index (χ1) is 11.1. The highest BCUT2D eigenvalue weighted by Crippen LogP contribution is 2.32. The maximum atomic E-state index is 12.7. The van der Waals surface area contributed by atoms with Gasteiger partial charge in [0.15, 0.2) is 0 Å². The molecule has 8 heteroatoms. The fourth-order valence-electron chi connectivity index (χ4n) is 3.11. The van der Waals surface area contributed by atoms with E-state index in [1.54, 1.807) is 0 Å². The molecule has 3 heterocycles. The molecule has 7 nitrogen and oxygen atoms in total. The van der Waals surface area contributed by atoms with Crippen LogP contribution in [0.3, 0.4) is 0 Å². The van der Waals surface area contributed by atoms with Gasteiger partial charge >= 0.3 is 0 Å². The molecule has 23 heavy (non-hydrogen) atoms. The number of amides is 1. The molecule has 0 bridgehead atoms. The van der Waals surface area contributed by atoms with Crippen molar-refractivity contribution in [3.05, 3.63) is 40.3 Å². The van der Waals surface area contributed by atoms with Crippen LogP contribution in [-0.2, 0) is 17.8 Å². The number of H-pyrrole nitrogens is 1. The number of carbonyl (C=O) groups is 1. The minimum Gasteiger partial charge on any atom is -0.357 e. The van der Waals surface area contributed by atoms with E-state index in [9.17, 15) is 4.79 Å². The third-order valence-electron chi connectivity index (χ3n) is 4.39. The number of fused-ring (bicyclic) bond motifs is 3. The molecule has 1 aromatic carbocycles. The summed E-state index contributed by atoms with van der Waals surface area (Å²) < 4.78 is 2.54. The molecule has 3 aromatic rings. The van der Waals surface area contributed by atoms with Crippen molar-refractivity contribution >= 4 is 32.7 Å². The highest BCUT2D eigenvalue weighted by Gasteiger charge is 2.28. The van der Waals surface area contributed by atoms with Crippen LogP contribution >= 0.6 is 15.9 Å². The Morgan fingerprint density at radius 3 is 3.09 bits per heavy atom. The Morgan fingerprint density at radius 1 is 1.43 bits per heavy atom. The van der Waals surface area contributed by atoms with Crippen LogP contribution < -0.4 is 0 Å². The highest BCUT2D eigenvalue weighted by molar-refractivity contribution is 9.10. The Bertz CT molecular complexity index is 872. The third-order valence-corrected chi connectivity index (χ3v) is 5.05. The van der Waals surface area contributed by atoms with Crippen LogP contribution in [0.1, 0.15) is 24.2 Å². The molecule has 0 saturated heterocycles. The topological polar surface area (TPSA) is 79.7 Å². The monoisotopic (exact) mass is 374 g/mol. The lowest BCUT2D eigenvalue weighted by Gasteiger charge is -2.29. The quantitative estimate of drug-likeness (QED) is 0.744. The lowest BCUT2D eigenvalue weighted by Crippen LogP contribution is -2.39. The number of nitrogens with zero attached hydrogens (tertiary/aromatic N) is 5. The van der Waals surface area contributed by atoms with E-state index in [2.05, 4.69) is 42.5 Å². The van der Waals surface area contributed by atoms with Crippen molar-refractivity contribution in [1.82, 2.24) is 30.1 Å². The lowest BCUT2D eigenvalue weighted by molar-refractivity contribution is -0.135. The van der Waals surface area contributed by atoms with Crippen LogP contribution in [0.2, 0.25) is 0 Å². The van der Waals surface area contributed by atoms with Crippen molar-refractivity contribution in [3.63, 3.8) is 0 Å². The second kappa shape index (κ2) is 5.45. The largest absolute Gasteiger partial charge is 0.357 e. The first-order valence-electron chi connectivity index (χ1n) is 7.44. The molecule has 0 fully saturated rings. The molecule has 4 rings (SSSR count). The van der Waals surface area contributed by atoms with E-state index >= 15 is 0 Å². The van der Waals surface area contributed by atoms with Crippen LogP contribution in [0.15, 0.2) is 29.0 Å². The van der Waals surface area contributed by atoms with Crippen LogP contribution in [0.5, 0.6) is 0 Å². The lowest BCUT2D eigenvalue weighted by atomic mass is 10.0. The molecule has 0 radical (unpaired) electrons. The zero-order valence-electron chi connectivity index (χ0n) is 12.5. The molecule has 0 aliphatic carbocycles. The molecule has 1 amide bonds. The van der Waals surface area contributed by atoms with Gasteiger partial charge in [-0.15, -0.1) is 5.10 Å². The highest BCUT2D eigenvalue weighted by atomic mass is 79.9. The Morgan fingerprint density at radius 2 is 2.30 bits per heavy atom. The summed E-state index contributed by atoms with van der Waals surface area (Å²) in [5.41, 5.74) is 3.51. The number of hydrogen-bond acceptors (Lipinski definition) is 4. The number of carbonyl (C=O) groups excluding carboxylic acids is 1. The summed E-state index contributed by atoms with van der Waals surface area (Å²) in [6.07, 6.45) is 2.30. The predicted molar refractivity (Wildman–Crippen MR) is 87.6 cm³/mol. The summed E-state index contributed by atoms with van der Waals surface area (Å²) in [6, 6.07) is 5.73. The van der Waals surface area contributed by atoms with Gasteiger partial charge in [-0.05, 0) is 39.3 Å². The van der Waals surface area contributed by atoms with Crippen molar-refractivity contribution in [2.24, 2.45) is 0 Å². The number of aromatic nitrogens is 5. The fraction of sp³-hybridized carbons (Fsp3) is 0.333. The smallest absolute Gasteiger partial charge is 0.247 e. The number of rotatable bonds is 2. The van der Waals surface area contributed by atoms with E-state index in [4.69, 9.17) is 0 Å². The molecule has 0 saturated carbocycles. The third kappa shape index (κ3) is 2.33. The summed E-state index contributed by atoms with van der Waals surface area (Å²) in [6.45, 7) is 3.12. The van der Waals surface area contributed by atoms with E-state index in [-0.39, 0.29) is 5.91 Å². The number of nitrogens with one attached hydrogen (secondary N) is 1. The molecule has 1 aliphatic rings. The van der Waals surface area contributed by atoms with Gasteiger partial charge in [-0.1, -0.05) is 12.1 Å². The fourth-order valence-corrected chi connectivity index (χ4v) is 3.58. The first-order valence-corrected chi connectivity index (χ1v) is 8.23. The van der Waals surface area contributed by atoms with Gasteiger partial charge in [0.1, 0.15) is 12.4 Å². The van der Waals surface area contributed by atoms with Crippen molar-refractivity contribution < 1.29 is 4.79 Å². The second-order valence-corrected chi connectivity index (χ2v) is 6.57. The number of benzene rings is 1. The number of para-hydroxylation sites is 1. The molecular weight excluding hydrogens is 360 g/mol. The molecule has 118 valence electrons.